The van der Waals surface area contributed by atoms with E-state index >= 15 is 0 Å². The van der Waals surface area contributed by atoms with Crippen LogP contribution < -0.4 is 10.6 Å². The van der Waals surface area contributed by atoms with E-state index in [9.17, 15) is 18.8 Å². The number of aromatic nitrogens is 1. The van der Waals surface area contributed by atoms with E-state index in [4.69, 9.17) is 0 Å². The lowest BCUT2D eigenvalue weighted by Gasteiger charge is -2.46. The molecule has 0 saturated carbocycles. The molecule has 9 heteroatoms. The van der Waals surface area contributed by atoms with E-state index in [1.54, 1.807) is 30.6 Å². The monoisotopic (exact) mass is 411 g/mol. The number of pyridine rings is 1. The van der Waals surface area contributed by atoms with E-state index in [2.05, 4.69) is 15.6 Å². The number of urea groups is 1. The molecule has 2 fully saturated rings. The third-order valence-electron chi connectivity index (χ3n) is 5.36. The molecule has 2 N–H and O–H groups in total. The molecule has 4 amide bonds. The summed E-state index contributed by atoms with van der Waals surface area (Å²) in [6, 6.07) is 7.83. The fourth-order valence-corrected chi connectivity index (χ4v) is 3.93. The van der Waals surface area contributed by atoms with Gasteiger partial charge in [0.2, 0.25) is 11.8 Å². The van der Waals surface area contributed by atoms with Crippen LogP contribution in [0.1, 0.15) is 18.4 Å². The molecule has 8 nitrogen and oxygen atoms in total. The normalized spacial score (nSPS) is 21.4. The number of piperidine rings is 1. The van der Waals surface area contributed by atoms with Gasteiger partial charge in [0.25, 0.3) is 0 Å². The van der Waals surface area contributed by atoms with Crippen molar-refractivity contribution in [1.29, 1.82) is 0 Å². The van der Waals surface area contributed by atoms with Crippen LogP contribution in [0, 0.1) is 5.82 Å². The highest BCUT2D eigenvalue weighted by Gasteiger charge is 2.47. The highest BCUT2D eigenvalue weighted by molar-refractivity contribution is 6.02. The van der Waals surface area contributed by atoms with Crippen molar-refractivity contribution in [3.8, 4) is 0 Å². The summed E-state index contributed by atoms with van der Waals surface area (Å²) in [5.74, 6) is -1.38. The van der Waals surface area contributed by atoms with Crippen LogP contribution in [0.25, 0.3) is 0 Å². The van der Waals surface area contributed by atoms with Gasteiger partial charge in [-0.1, -0.05) is 18.2 Å². The SMILES string of the molecule is O=C(CN1C(=O)N(Cc2cccnc2)C(=O)C2NCCCC21)Nc1ccccc1F. The lowest BCUT2D eigenvalue weighted by atomic mass is 9.93. The van der Waals surface area contributed by atoms with E-state index in [0.29, 0.717) is 18.5 Å². The first kappa shape index (κ1) is 20.0. The number of rotatable bonds is 5. The number of nitrogens with one attached hydrogen (secondary N) is 2. The molecule has 2 saturated heterocycles. The molecule has 30 heavy (non-hydrogen) atoms. The number of hydrogen-bond donors (Lipinski definition) is 2. The zero-order valence-electron chi connectivity index (χ0n) is 16.3. The Labute approximate surface area is 173 Å². The second kappa shape index (κ2) is 8.58. The number of carbonyl (C=O) groups is 3. The van der Waals surface area contributed by atoms with E-state index in [0.717, 1.165) is 11.3 Å². The highest BCUT2D eigenvalue weighted by atomic mass is 19.1. The summed E-state index contributed by atoms with van der Waals surface area (Å²) < 4.78 is 13.9. The first-order chi connectivity index (χ1) is 14.5. The Morgan fingerprint density at radius 3 is 2.83 bits per heavy atom. The van der Waals surface area contributed by atoms with Crippen molar-refractivity contribution in [2.45, 2.75) is 31.5 Å². The van der Waals surface area contributed by atoms with Gasteiger partial charge in [0.15, 0.2) is 0 Å². The van der Waals surface area contributed by atoms with Gasteiger partial charge in [0, 0.05) is 12.4 Å². The predicted molar refractivity (Wildman–Crippen MR) is 107 cm³/mol. The van der Waals surface area contributed by atoms with Gasteiger partial charge in [-0.25, -0.2) is 9.18 Å². The molecule has 2 unspecified atom stereocenters. The molecule has 0 spiro atoms. The number of halogens is 1. The Hall–Kier alpha value is -3.33. The first-order valence-electron chi connectivity index (χ1n) is 9.83. The molecule has 1 aromatic heterocycles. The fourth-order valence-electron chi connectivity index (χ4n) is 3.93. The zero-order valence-corrected chi connectivity index (χ0v) is 16.3. The minimum atomic E-state index is -0.575. The lowest BCUT2D eigenvalue weighted by Crippen LogP contribution is -2.70. The highest BCUT2D eigenvalue weighted by Crippen LogP contribution is 2.26. The summed E-state index contributed by atoms with van der Waals surface area (Å²) in [5.41, 5.74) is 0.762. The van der Waals surface area contributed by atoms with Gasteiger partial charge < -0.3 is 15.5 Å². The van der Waals surface area contributed by atoms with Crippen molar-refractivity contribution in [1.82, 2.24) is 20.1 Å². The third-order valence-corrected chi connectivity index (χ3v) is 5.36. The second-order valence-electron chi connectivity index (χ2n) is 7.37. The molecule has 2 aromatic rings. The fraction of sp³-hybridized carbons (Fsp3) is 0.333. The van der Waals surface area contributed by atoms with Crippen LogP contribution >= 0.6 is 0 Å². The van der Waals surface area contributed by atoms with E-state index in [1.165, 1.54) is 23.1 Å². The topological polar surface area (TPSA) is 94.6 Å². The van der Waals surface area contributed by atoms with Gasteiger partial charge in [0.1, 0.15) is 18.4 Å². The van der Waals surface area contributed by atoms with Crippen molar-refractivity contribution in [2.75, 3.05) is 18.4 Å². The number of benzene rings is 1. The smallest absolute Gasteiger partial charge is 0.322 e. The molecule has 0 radical (unpaired) electrons. The molecule has 3 heterocycles. The molecule has 2 aliphatic rings. The molecular formula is C21H22FN5O3. The summed E-state index contributed by atoms with van der Waals surface area (Å²) in [7, 11) is 0. The molecule has 1 aromatic carbocycles. The predicted octanol–water partition coefficient (Wildman–Crippen LogP) is 1.74. The van der Waals surface area contributed by atoms with Gasteiger partial charge in [0.05, 0.1) is 18.3 Å². The number of para-hydroxylation sites is 1. The number of amides is 4. The number of fused-ring (bicyclic) bond motifs is 1. The van der Waals surface area contributed by atoms with Crippen LogP contribution in [0.4, 0.5) is 14.9 Å². The lowest BCUT2D eigenvalue weighted by molar-refractivity contribution is -0.138. The number of anilines is 1. The van der Waals surface area contributed by atoms with Crippen LogP contribution in [0.5, 0.6) is 0 Å². The third kappa shape index (κ3) is 4.02. The standard InChI is InChI=1S/C21H22FN5O3/c22-15-6-1-2-7-16(15)25-18(28)13-26-17-8-4-10-24-19(17)20(29)27(21(26)30)12-14-5-3-9-23-11-14/h1-3,5-7,9,11,17,19,24H,4,8,10,12-13H2,(H,25,28). The van der Waals surface area contributed by atoms with Crippen molar-refractivity contribution in [3.63, 3.8) is 0 Å². The number of hydrogen-bond acceptors (Lipinski definition) is 5. The largest absolute Gasteiger partial charge is 0.327 e. The van der Waals surface area contributed by atoms with Crippen LogP contribution in [0.2, 0.25) is 0 Å². The molecule has 4 rings (SSSR count). The van der Waals surface area contributed by atoms with Crippen molar-refractivity contribution in [3.05, 3.63) is 60.2 Å². The summed E-state index contributed by atoms with van der Waals surface area (Å²) in [6.07, 6.45) is 4.61. The average molecular weight is 411 g/mol. The van der Waals surface area contributed by atoms with Crippen molar-refractivity contribution < 1.29 is 18.8 Å². The Kier molecular flexibility index (Phi) is 5.71. The van der Waals surface area contributed by atoms with E-state index < -0.39 is 29.8 Å². The van der Waals surface area contributed by atoms with Gasteiger partial charge in [-0.05, 0) is 43.1 Å². The average Bonchev–Trinajstić information content (AvgIpc) is 2.76. The van der Waals surface area contributed by atoms with Crippen LogP contribution in [0.15, 0.2) is 48.8 Å². The van der Waals surface area contributed by atoms with Crippen LogP contribution in [0.3, 0.4) is 0 Å². The maximum Gasteiger partial charge on any atom is 0.327 e. The first-order valence-corrected chi connectivity index (χ1v) is 9.83. The van der Waals surface area contributed by atoms with Crippen LogP contribution in [-0.2, 0) is 16.1 Å². The molecular weight excluding hydrogens is 389 g/mol. The van der Waals surface area contributed by atoms with Gasteiger partial charge in [-0.2, -0.15) is 0 Å². The quantitative estimate of drug-likeness (QED) is 0.782. The molecule has 0 aliphatic carbocycles. The summed E-state index contributed by atoms with van der Waals surface area (Å²) in [6.45, 7) is 0.464. The number of nitrogens with zero attached hydrogens (tertiary/aromatic N) is 3. The maximum absolute atomic E-state index is 13.9. The molecule has 156 valence electrons. The van der Waals surface area contributed by atoms with E-state index in [1.807, 2.05) is 0 Å². The van der Waals surface area contributed by atoms with E-state index in [-0.39, 0.29) is 24.7 Å². The molecule has 0 bridgehead atoms. The maximum atomic E-state index is 13.9. The summed E-state index contributed by atoms with van der Waals surface area (Å²) >= 11 is 0. The number of carbonyl (C=O) groups excluding carboxylic acids is 3. The number of imide groups is 1. The Bertz CT molecular complexity index is 955. The Morgan fingerprint density at radius 1 is 1.23 bits per heavy atom. The molecule has 2 atom stereocenters. The summed E-state index contributed by atoms with van der Waals surface area (Å²) in [5, 5.41) is 5.68. The summed E-state index contributed by atoms with van der Waals surface area (Å²) in [4.78, 5) is 45.3. The minimum Gasteiger partial charge on any atom is -0.322 e. The second-order valence-corrected chi connectivity index (χ2v) is 7.37. The molecule has 2 aliphatic heterocycles. The van der Waals surface area contributed by atoms with Gasteiger partial charge >= 0.3 is 6.03 Å². The Balaban J connectivity index is 1.55. The minimum absolute atomic E-state index is 0.0496. The van der Waals surface area contributed by atoms with Gasteiger partial charge in [-0.15, -0.1) is 0 Å². The van der Waals surface area contributed by atoms with Crippen molar-refractivity contribution in [2.24, 2.45) is 0 Å². The zero-order chi connectivity index (χ0) is 21.1. The van der Waals surface area contributed by atoms with Gasteiger partial charge in [-0.3, -0.25) is 19.5 Å². The van der Waals surface area contributed by atoms with Crippen molar-refractivity contribution >= 4 is 23.5 Å². The Morgan fingerprint density at radius 2 is 2.07 bits per heavy atom. The van der Waals surface area contributed by atoms with Crippen LogP contribution in [-0.4, -0.2) is 57.8 Å².